The maximum atomic E-state index is 5.35. The molecule has 18 heavy (non-hydrogen) atoms. The van der Waals surface area contributed by atoms with Gasteiger partial charge in [0.2, 0.25) is 5.01 Å². The first-order chi connectivity index (χ1) is 8.50. The van der Waals surface area contributed by atoms with Crippen molar-refractivity contribution in [2.45, 2.75) is 53.0 Å². The summed E-state index contributed by atoms with van der Waals surface area (Å²) < 4.78 is 7.62. The molecular weight excluding hydrogens is 244 g/mol. The van der Waals surface area contributed by atoms with Crippen molar-refractivity contribution in [3.8, 4) is 0 Å². The number of thiazole rings is 1. The summed E-state index contributed by atoms with van der Waals surface area (Å²) in [5, 5.41) is 7.74. The predicted octanol–water partition coefficient (Wildman–Crippen LogP) is 3.63. The molecule has 0 fully saturated rings. The zero-order chi connectivity index (χ0) is 13.3. The summed E-state index contributed by atoms with van der Waals surface area (Å²) in [5.74, 6) is 1.94. The van der Waals surface area contributed by atoms with E-state index in [0.29, 0.717) is 11.8 Å². The highest BCUT2D eigenvalue weighted by atomic mass is 32.1. The molecule has 0 saturated heterocycles. The molecule has 4 heteroatoms. The molecule has 0 aliphatic carbocycles. The monoisotopic (exact) mass is 265 g/mol. The van der Waals surface area contributed by atoms with Crippen molar-refractivity contribution in [1.29, 1.82) is 0 Å². The minimum atomic E-state index is 0.452. The summed E-state index contributed by atoms with van der Waals surface area (Å²) in [6, 6.07) is 0. The second-order valence-corrected chi connectivity index (χ2v) is 6.20. The molecule has 2 heterocycles. The summed E-state index contributed by atoms with van der Waals surface area (Å²) in [5.41, 5.74) is 2.32. The molecule has 0 spiro atoms. The van der Waals surface area contributed by atoms with Crippen LogP contribution >= 0.6 is 11.3 Å². The SMILES string of the molecule is Cc1onc(C[n+]2ccsc2C(C)C)c1C(C)C. The fourth-order valence-electron chi connectivity index (χ4n) is 2.35. The van der Waals surface area contributed by atoms with E-state index in [1.165, 1.54) is 10.6 Å². The molecule has 2 aromatic heterocycles. The maximum absolute atomic E-state index is 5.35. The Hall–Kier alpha value is -1.16. The molecule has 0 atom stereocenters. The van der Waals surface area contributed by atoms with Crippen LogP contribution in [0.2, 0.25) is 0 Å². The topological polar surface area (TPSA) is 29.9 Å². The first-order valence-electron chi connectivity index (χ1n) is 6.42. The molecule has 0 unspecified atom stereocenters. The summed E-state index contributed by atoms with van der Waals surface area (Å²) in [4.78, 5) is 0. The second kappa shape index (κ2) is 5.22. The van der Waals surface area contributed by atoms with E-state index in [1.54, 1.807) is 11.3 Å². The van der Waals surface area contributed by atoms with E-state index in [1.807, 2.05) is 6.92 Å². The average molecular weight is 265 g/mol. The van der Waals surface area contributed by atoms with Crippen LogP contribution in [0.25, 0.3) is 0 Å². The first-order valence-corrected chi connectivity index (χ1v) is 7.30. The third-order valence-corrected chi connectivity index (χ3v) is 4.29. The second-order valence-electron chi connectivity index (χ2n) is 5.28. The van der Waals surface area contributed by atoms with Gasteiger partial charge in [0.15, 0.2) is 18.4 Å². The van der Waals surface area contributed by atoms with Crippen molar-refractivity contribution in [3.63, 3.8) is 0 Å². The Morgan fingerprint density at radius 1 is 1.28 bits per heavy atom. The Kier molecular flexibility index (Phi) is 3.85. The van der Waals surface area contributed by atoms with Crippen molar-refractivity contribution < 1.29 is 9.09 Å². The fourth-order valence-corrected chi connectivity index (χ4v) is 3.23. The standard InChI is InChI=1S/C14H21N2OS/c1-9(2)13-11(5)17-15-12(13)8-16-6-7-18-14(16)10(3)4/h6-7,9-10H,8H2,1-5H3/q+1. The van der Waals surface area contributed by atoms with Gasteiger partial charge in [-0.2, -0.15) is 4.57 Å². The van der Waals surface area contributed by atoms with Gasteiger partial charge in [-0.05, 0) is 12.8 Å². The van der Waals surface area contributed by atoms with Crippen LogP contribution in [0.15, 0.2) is 16.1 Å². The molecule has 0 aliphatic rings. The van der Waals surface area contributed by atoms with Gasteiger partial charge in [-0.1, -0.05) is 44.2 Å². The lowest BCUT2D eigenvalue weighted by Crippen LogP contribution is -2.36. The maximum Gasteiger partial charge on any atom is 0.240 e. The van der Waals surface area contributed by atoms with E-state index in [0.717, 1.165) is 18.0 Å². The zero-order valence-electron chi connectivity index (χ0n) is 11.7. The van der Waals surface area contributed by atoms with E-state index >= 15 is 0 Å². The van der Waals surface area contributed by atoms with Crippen molar-refractivity contribution in [2.75, 3.05) is 0 Å². The Morgan fingerprint density at radius 2 is 2.00 bits per heavy atom. The third-order valence-electron chi connectivity index (χ3n) is 3.09. The molecule has 98 valence electrons. The van der Waals surface area contributed by atoms with Gasteiger partial charge in [0, 0.05) is 11.5 Å². The third kappa shape index (κ3) is 2.48. The Morgan fingerprint density at radius 3 is 2.61 bits per heavy atom. The lowest BCUT2D eigenvalue weighted by atomic mass is 10.0. The number of aromatic nitrogens is 2. The summed E-state index contributed by atoms with van der Waals surface area (Å²) >= 11 is 1.80. The van der Waals surface area contributed by atoms with Crippen LogP contribution in [0.5, 0.6) is 0 Å². The van der Waals surface area contributed by atoms with Crippen LogP contribution in [-0.2, 0) is 6.54 Å². The normalized spacial score (nSPS) is 11.7. The van der Waals surface area contributed by atoms with Gasteiger partial charge >= 0.3 is 0 Å². The molecule has 0 saturated carbocycles. The molecule has 0 bridgehead atoms. The van der Waals surface area contributed by atoms with Gasteiger partial charge in [0.25, 0.3) is 0 Å². The van der Waals surface area contributed by atoms with Gasteiger partial charge in [-0.25, -0.2) is 0 Å². The first kappa shape index (κ1) is 13.3. The quantitative estimate of drug-likeness (QED) is 0.790. The number of hydrogen-bond acceptors (Lipinski definition) is 3. The summed E-state index contributed by atoms with van der Waals surface area (Å²) in [6.07, 6.45) is 2.13. The average Bonchev–Trinajstić information content (AvgIpc) is 2.86. The van der Waals surface area contributed by atoms with Crippen molar-refractivity contribution >= 4 is 11.3 Å². The summed E-state index contributed by atoms with van der Waals surface area (Å²) in [7, 11) is 0. The van der Waals surface area contributed by atoms with E-state index in [2.05, 4.69) is 49.0 Å². The number of aryl methyl sites for hydroxylation is 1. The minimum Gasteiger partial charge on any atom is -0.361 e. The predicted molar refractivity (Wildman–Crippen MR) is 73.0 cm³/mol. The number of hydrogen-bond donors (Lipinski definition) is 0. The smallest absolute Gasteiger partial charge is 0.240 e. The minimum absolute atomic E-state index is 0.452. The molecular formula is C14H21N2OS+. The molecule has 0 radical (unpaired) electrons. The zero-order valence-corrected chi connectivity index (χ0v) is 12.5. The highest BCUT2D eigenvalue weighted by Crippen LogP contribution is 2.23. The number of nitrogens with zero attached hydrogens (tertiary/aromatic N) is 2. The van der Waals surface area contributed by atoms with Crippen LogP contribution in [0.1, 0.15) is 61.6 Å². The van der Waals surface area contributed by atoms with Gasteiger partial charge < -0.3 is 4.52 Å². The van der Waals surface area contributed by atoms with Gasteiger partial charge in [-0.15, -0.1) is 0 Å². The Bertz CT molecular complexity index is 526. The van der Waals surface area contributed by atoms with E-state index < -0.39 is 0 Å². The lowest BCUT2D eigenvalue weighted by Gasteiger charge is -2.04. The highest BCUT2D eigenvalue weighted by molar-refractivity contribution is 7.09. The highest BCUT2D eigenvalue weighted by Gasteiger charge is 2.23. The number of rotatable bonds is 4. The fraction of sp³-hybridized carbons (Fsp3) is 0.571. The molecule has 0 amide bonds. The molecule has 3 nitrogen and oxygen atoms in total. The van der Waals surface area contributed by atoms with Crippen LogP contribution in [-0.4, -0.2) is 5.16 Å². The van der Waals surface area contributed by atoms with Gasteiger partial charge in [0.05, 0.1) is 5.38 Å². The Labute approximate surface area is 112 Å². The van der Waals surface area contributed by atoms with Crippen molar-refractivity contribution in [2.24, 2.45) is 0 Å². The largest absolute Gasteiger partial charge is 0.361 e. The molecule has 0 N–H and O–H groups in total. The molecule has 2 rings (SSSR count). The van der Waals surface area contributed by atoms with Crippen LogP contribution < -0.4 is 4.57 Å². The summed E-state index contributed by atoms with van der Waals surface area (Å²) in [6.45, 7) is 11.6. The van der Waals surface area contributed by atoms with Crippen molar-refractivity contribution in [1.82, 2.24) is 5.16 Å². The van der Waals surface area contributed by atoms with Crippen LogP contribution in [0.3, 0.4) is 0 Å². The van der Waals surface area contributed by atoms with Gasteiger partial charge in [0.1, 0.15) is 5.76 Å². The molecule has 0 aliphatic heterocycles. The lowest BCUT2D eigenvalue weighted by molar-refractivity contribution is -0.692. The molecule has 2 aromatic rings. The van der Waals surface area contributed by atoms with Crippen molar-refractivity contribution in [3.05, 3.63) is 33.6 Å². The van der Waals surface area contributed by atoms with Crippen LogP contribution in [0.4, 0.5) is 0 Å². The van der Waals surface area contributed by atoms with E-state index in [9.17, 15) is 0 Å². The molecule has 0 aromatic carbocycles. The van der Waals surface area contributed by atoms with Crippen LogP contribution in [0, 0.1) is 6.92 Å². The van der Waals surface area contributed by atoms with Gasteiger partial charge in [-0.3, -0.25) is 0 Å². The van der Waals surface area contributed by atoms with E-state index in [-0.39, 0.29) is 0 Å². The Balaban J connectivity index is 2.32. The van der Waals surface area contributed by atoms with E-state index in [4.69, 9.17) is 4.52 Å².